The summed E-state index contributed by atoms with van der Waals surface area (Å²) in [6.07, 6.45) is 13.6. The summed E-state index contributed by atoms with van der Waals surface area (Å²) in [6.45, 7) is 5.35. The molecular weight excluding hydrogens is 450 g/mol. The quantitative estimate of drug-likeness (QED) is 0.330. The summed E-state index contributed by atoms with van der Waals surface area (Å²) in [5, 5.41) is 21.4. The number of phenolic OH excluding ortho intramolecular Hbond substituents is 1. The van der Waals surface area contributed by atoms with Crippen LogP contribution < -0.4 is 4.74 Å². The Hall–Kier alpha value is -1.75. The number of fused-ring (bicyclic) bond motifs is 5. The minimum absolute atomic E-state index is 0.0566. The van der Waals surface area contributed by atoms with Crippen molar-refractivity contribution in [2.24, 2.45) is 17.3 Å². The fourth-order valence-corrected chi connectivity index (χ4v) is 7.87. The number of aliphatic hydroxyl groups is 1. The second-order valence-corrected chi connectivity index (χ2v) is 12.2. The van der Waals surface area contributed by atoms with Crippen molar-refractivity contribution >= 4 is 5.91 Å². The molecule has 3 aliphatic carbocycles. The van der Waals surface area contributed by atoms with E-state index in [0.717, 1.165) is 83.6 Å². The van der Waals surface area contributed by atoms with Gasteiger partial charge in [0.15, 0.2) is 11.5 Å². The molecule has 202 valence electrons. The third-order valence-electron chi connectivity index (χ3n) is 10.1. The van der Waals surface area contributed by atoms with Gasteiger partial charge in [0.05, 0.1) is 13.2 Å². The Balaban J connectivity index is 1.39. The van der Waals surface area contributed by atoms with E-state index in [1.807, 2.05) is 18.0 Å². The van der Waals surface area contributed by atoms with Gasteiger partial charge in [-0.1, -0.05) is 39.5 Å². The molecule has 0 aromatic heterocycles. The maximum absolute atomic E-state index is 12.3. The van der Waals surface area contributed by atoms with Crippen molar-refractivity contribution in [3.05, 3.63) is 23.3 Å². The first-order valence-electron chi connectivity index (χ1n) is 14.6. The minimum atomic E-state index is -0.165. The molecule has 4 rings (SSSR count). The lowest BCUT2D eigenvalue weighted by molar-refractivity contribution is -0.130. The zero-order valence-electron chi connectivity index (χ0n) is 23.1. The molecular formula is C31H49NO4. The van der Waals surface area contributed by atoms with Crippen molar-refractivity contribution in [3.8, 4) is 11.5 Å². The fourth-order valence-electron chi connectivity index (χ4n) is 7.87. The molecule has 1 aromatic carbocycles. The lowest BCUT2D eigenvalue weighted by atomic mass is 9.53. The molecule has 0 bridgehead atoms. The van der Waals surface area contributed by atoms with Gasteiger partial charge >= 0.3 is 0 Å². The van der Waals surface area contributed by atoms with Crippen LogP contribution >= 0.6 is 0 Å². The van der Waals surface area contributed by atoms with E-state index in [1.165, 1.54) is 11.1 Å². The number of aliphatic hydroxyl groups excluding tert-OH is 1. The summed E-state index contributed by atoms with van der Waals surface area (Å²) < 4.78 is 5.51. The summed E-state index contributed by atoms with van der Waals surface area (Å²) in [6, 6.07) is 4.10. The zero-order valence-corrected chi connectivity index (χ0v) is 23.1. The normalized spacial score (nSPS) is 30.9. The Morgan fingerprint density at radius 1 is 1.11 bits per heavy atom. The molecule has 3 aliphatic rings. The number of hydrogen-bond acceptors (Lipinski definition) is 4. The molecule has 2 fully saturated rings. The fraction of sp³-hybridized carbons (Fsp3) is 0.774. The van der Waals surface area contributed by atoms with Gasteiger partial charge in [-0.25, -0.2) is 0 Å². The summed E-state index contributed by atoms with van der Waals surface area (Å²) in [7, 11) is 3.56. The summed E-state index contributed by atoms with van der Waals surface area (Å²) in [5.74, 6) is 3.24. The van der Waals surface area contributed by atoms with Crippen molar-refractivity contribution in [1.29, 1.82) is 0 Å². The van der Waals surface area contributed by atoms with Crippen LogP contribution in [-0.4, -0.2) is 47.8 Å². The smallest absolute Gasteiger partial charge is 0.222 e. The lowest BCUT2D eigenvalue weighted by Gasteiger charge is -2.51. The van der Waals surface area contributed by atoms with E-state index >= 15 is 0 Å². The van der Waals surface area contributed by atoms with E-state index in [1.54, 1.807) is 7.11 Å². The summed E-state index contributed by atoms with van der Waals surface area (Å²) in [4.78, 5) is 14.2. The van der Waals surface area contributed by atoms with Gasteiger partial charge in [0.2, 0.25) is 5.91 Å². The number of unbranched alkanes of at least 4 members (excludes halogenated alkanes) is 4. The number of rotatable bonds is 11. The highest BCUT2D eigenvalue weighted by Crippen LogP contribution is 2.63. The Bertz CT molecular complexity index is 901. The van der Waals surface area contributed by atoms with Crippen LogP contribution in [0.25, 0.3) is 0 Å². The van der Waals surface area contributed by atoms with E-state index in [0.29, 0.717) is 35.8 Å². The van der Waals surface area contributed by atoms with Crippen molar-refractivity contribution in [3.63, 3.8) is 0 Å². The largest absolute Gasteiger partial charge is 0.504 e. The Morgan fingerprint density at radius 2 is 1.89 bits per heavy atom. The van der Waals surface area contributed by atoms with E-state index in [9.17, 15) is 15.0 Å². The maximum Gasteiger partial charge on any atom is 0.222 e. The molecule has 0 radical (unpaired) electrons. The number of aromatic hydroxyl groups is 1. The SMILES string of the molecule is CCCCN(C)C(=O)CCCCCC[C@@H]1C[C@@H]2[C@H](CC[C@]3(C)[C@@H](O)CC[C@@H]23)c2cc(OC)c(O)cc21. The Kier molecular flexibility index (Phi) is 8.91. The van der Waals surface area contributed by atoms with Crippen LogP contribution in [-0.2, 0) is 4.79 Å². The van der Waals surface area contributed by atoms with Crippen molar-refractivity contribution in [2.45, 2.75) is 115 Å². The molecule has 0 unspecified atom stereocenters. The molecule has 6 atom stereocenters. The van der Waals surface area contributed by atoms with Gasteiger partial charge < -0.3 is 19.8 Å². The highest BCUT2D eigenvalue weighted by molar-refractivity contribution is 5.75. The van der Waals surface area contributed by atoms with Gasteiger partial charge in [-0.05, 0) is 104 Å². The topological polar surface area (TPSA) is 70.0 Å². The summed E-state index contributed by atoms with van der Waals surface area (Å²) in [5.41, 5.74) is 2.76. The van der Waals surface area contributed by atoms with Gasteiger partial charge in [0.1, 0.15) is 0 Å². The van der Waals surface area contributed by atoms with Crippen LogP contribution in [0.3, 0.4) is 0 Å². The van der Waals surface area contributed by atoms with E-state index in [4.69, 9.17) is 4.74 Å². The first-order chi connectivity index (χ1) is 17.3. The average Bonchev–Trinajstić information content (AvgIpc) is 3.18. The molecule has 1 amide bonds. The first kappa shape index (κ1) is 27.3. The minimum Gasteiger partial charge on any atom is -0.504 e. The lowest BCUT2D eigenvalue weighted by Crippen LogP contribution is -2.44. The van der Waals surface area contributed by atoms with Crippen LogP contribution in [0.1, 0.15) is 120 Å². The van der Waals surface area contributed by atoms with Crippen LogP contribution in [0, 0.1) is 17.3 Å². The predicted octanol–water partition coefficient (Wildman–Crippen LogP) is 6.76. The summed E-state index contributed by atoms with van der Waals surface area (Å²) >= 11 is 0. The van der Waals surface area contributed by atoms with Crippen LogP contribution in [0.15, 0.2) is 12.1 Å². The highest BCUT2D eigenvalue weighted by atomic mass is 16.5. The molecule has 5 heteroatoms. The van der Waals surface area contributed by atoms with Gasteiger partial charge in [-0.15, -0.1) is 0 Å². The molecule has 0 heterocycles. The standard InChI is InChI=1S/C31H49NO4/c1-5-6-17-32(3)30(35)12-10-8-7-9-11-21-18-25-22(15-16-31(2)26(25)13-14-29(31)34)24-20-28(36-4)27(33)19-23(21)24/h19-22,25-26,29,33-34H,5-18H2,1-4H3/t21-,22-,25-,26+,29+,31+/m1/s1. The molecule has 0 aliphatic heterocycles. The molecule has 5 nitrogen and oxygen atoms in total. The molecule has 0 spiro atoms. The van der Waals surface area contributed by atoms with Crippen molar-refractivity contribution < 1.29 is 19.7 Å². The first-order valence-corrected chi connectivity index (χ1v) is 14.6. The number of amides is 1. The third-order valence-corrected chi connectivity index (χ3v) is 10.1. The molecule has 1 aromatic rings. The van der Waals surface area contributed by atoms with Gasteiger partial charge in [-0.3, -0.25) is 4.79 Å². The van der Waals surface area contributed by atoms with E-state index in [2.05, 4.69) is 19.9 Å². The molecule has 2 N–H and O–H groups in total. The van der Waals surface area contributed by atoms with Gasteiger partial charge in [-0.2, -0.15) is 0 Å². The molecule has 36 heavy (non-hydrogen) atoms. The second-order valence-electron chi connectivity index (χ2n) is 12.2. The van der Waals surface area contributed by atoms with Crippen molar-refractivity contribution in [2.75, 3.05) is 20.7 Å². The van der Waals surface area contributed by atoms with Gasteiger partial charge in [0, 0.05) is 20.0 Å². The second kappa shape index (κ2) is 11.8. The van der Waals surface area contributed by atoms with Crippen LogP contribution in [0.2, 0.25) is 0 Å². The van der Waals surface area contributed by atoms with Crippen LogP contribution in [0.5, 0.6) is 11.5 Å². The third kappa shape index (κ3) is 5.42. The molecule has 0 saturated heterocycles. The Labute approximate surface area is 218 Å². The Morgan fingerprint density at radius 3 is 2.64 bits per heavy atom. The predicted molar refractivity (Wildman–Crippen MR) is 145 cm³/mol. The monoisotopic (exact) mass is 499 g/mol. The number of benzene rings is 1. The number of hydrogen-bond donors (Lipinski definition) is 2. The number of ether oxygens (including phenoxy) is 1. The highest BCUT2D eigenvalue weighted by Gasteiger charge is 2.55. The zero-order chi connectivity index (χ0) is 25.9. The number of carbonyl (C=O) groups is 1. The average molecular weight is 500 g/mol. The number of phenols is 1. The number of carbonyl (C=O) groups excluding carboxylic acids is 1. The molecule has 2 saturated carbocycles. The van der Waals surface area contributed by atoms with Crippen LogP contribution in [0.4, 0.5) is 0 Å². The maximum atomic E-state index is 12.3. The van der Waals surface area contributed by atoms with Gasteiger partial charge in [0.25, 0.3) is 0 Å². The number of methoxy groups -OCH3 is 1. The van der Waals surface area contributed by atoms with E-state index < -0.39 is 0 Å². The number of nitrogens with zero attached hydrogens (tertiary/aromatic N) is 1. The van der Waals surface area contributed by atoms with E-state index in [-0.39, 0.29) is 23.2 Å². The van der Waals surface area contributed by atoms with Crippen molar-refractivity contribution in [1.82, 2.24) is 4.90 Å².